The van der Waals surface area contributed by atoms with Crippen molar-refractivity contribution in [2.45, 2.75) is 31.7 Å². The van der Waals surface area contributed by atoms with Crippen LogP contribution in [0.2, 0.25) is 0 Å². The Hall–Kier alpha value is -2.23. The second-order valence-corrected chi connectivity index (χ2v) is 5.98. The largest absolute Gasteiger partial charge is 0.368 e. The van der Waals surface area contributed by atoms with Gasteiger partial charge in [0, 0.05) is 24.7 Å². The second-order valence-electron chi connectivity index (χ2n) is 5.98. The van der Waals surface area contributed by atoms with Crippen LogP contribution in [0.1, 0.15) is 30.4 Å². The van der Waals surface area contributed by atoms with Crippen molar-refractivity contribution in [2.75, 3.05) is 11.4 Å². The average Bonchev–Trinajstić information content (AvgIpc) is 3.00. The van der Waals surface area contributed by atoms with Crippen molar-refractivity contribution >= 4 is 12.0 Å². The summed E-state index contributed by atoms with van der Waals surface area (Å²) in [6.07, 6.45) is 4.27. The molecule has 0 radical (unpaired) electrons. The maximum atomic E-state index is 13.3. The van der Waals surface area contributed by atoms with Crippen LogP contribution >= 0.6 is 0 Å². The van der Waals surface area contributed by atoms with Crippen LogP contribution in [0.3, 0.4) is 0 Å². The van der Waals surface area contributed by atoms with Gasteiger partial charge in [0.1, 0.15) is 6.29 Å². The summed E-state index contributed by atoms with van der Waals surface area (Å²) in [5.41, 5.74) is 2.91. The molecule has 1 heterocycles. The van der Waals surface area contributed by atoms with Crippen LogP contribution in [0, 0.1) is 11.6 Å². The van der Waals surface area contributed by atoms with E-state index in [4.69, 9.17) is 0 Å². The highest BCUT2D eigenvalue weighted by Crippen LogP contribution is 2.27. The molecule has 0 spiro atoms. The van der Waals surface area contributed by atoms with Gasteiger partial charge in [-0.15, -0.1) is 0 Å². The Bertz CT molecular complexity index is 684. The van der Waals surface area contributed by atoms with Gasteiger partial charge in [-0.2, -0.15) is 0 Å². The summed E-state index contributed by atoms with van der Waals surface area (Å²) in [6.45, 7) is 0.973. The van der Waals surface area contributed by atoms with E-state index < -0.39 is 11.6 Å². The third-order valence-electron chi connectivity index (χ3n) is 4.41. The van der Waals surface area contributed by atoms with E-state index in [9.17, 15) is 13.6 Å². The van der Waals surface area contributed by atoms with Crippen molar-refractivity contribution in [1.82, 2.24) is 0 Å². The molecule has 0 bridgehead atoms. The van der Waals surface area contributed by atoms with Gasteiger partial charge in [-0.05, 0) is 54.7 Å². The minimum Gasteiger partial charge on any atom is -0.368 e. The Morgan fingerprint density at radius 2 is 1.78 bits per heavy atom. The molecule has 4 heteroatoms. The molecule has 0 aliphatic carbocycles. The van der Waals surface area contributed by atoms with Crippen LogP contribution in [0.15, 0.2) is 42.5 Å². The van der Waals surface area contributed by atoms with Gasteiger partial charge >= 0.3 is 0 Å². The van der Waals surface area contributed by atoms with Gasteiger partial charge in [-0.1, -0.05) is 18.2 Å². The molecule has 1 atom stereocenters. The Balaban J connectivity index is 1.71. The highest BCUT2D eigenvalue weighted by Gasteiger charge is 2.24. The molecule has 1 unspecified atom stereocenters. The topological polar surface area (TPSA) is 20.3 Å². The van der Waals surface area contributed by atoms with Crippen molar-refractivity contribution < 1.29 is 13.6 Å². The Kier molecular flexibility index (Phi) is 4.70. The number of carbonyl (C=O) groups excluding carboxylic acids is 1. The molecule has 1 aliphatic heterocycles. The van der Waals surface area contributed by atoms with E-state index in [1.165, 1.54) is 6.07 Å². The lowest BCUT2D eigenvalue weighted by Crippen LogP contribution is -2.29. The molecule has 1 saturated heterocycles. The van der Waals surface area contributed by atoms with Gasteiger partial charge in [0.2, 0.25) is 0 Å². The van der Waals surface area contributed by atoms with E-state index in [0.717, 1.165) is 48.6 Å². The number of nitrogens with zero attached hydrogens (tertiary/aromatic N) is 1. The molecule has 0 amide bonds. The molecular weight excluding hydrogens is 296 g/mol. The van der Waals surface area contributed by atoms with E-state index in [0.29, 0.717) is 18.9 Å². The normalized spacial score (nSPS) is 17.5. The first-order valence-electron chi connectivity index (χ1n) is 7.90. The van der Waals surface area contributed by atoms with Crippen molar-refractivity contribution in [3.63, 3.8) is 0 Å². The highest BCUT2D eigenvalue weighted by atomic mass is 19.2. The molecule has 2 aromatic carbocycles. The number of anilines is 1. The van der Waals surface area contributed by atoms with E-state index in [2.05, 4.69) is 4.90 Å². The zero-order chi connectivity index (χ0) is 16.2. The van der Waals surface area contributed by atoms with Crippen LogP contribution < -0.4 is 4.90 Å². The number of carbonyl (C=O) groups is 1. The molecule has 0 saturated carbocycles. The first-order chi connectivity index (χ1) is 11.2. The minimum atomic E-state index is -0.820. The Morgan fingerprint density at radius 1 is 1.04 bits per heavy atom. The number of hydrogen-bond donors (Lipinski definition) is 0. The van der Waals surface area contributed by atoms with Crippen molar-refractivity contribution in [2.24, 2.45) is 0 Å². The summed E-state index contributed by atoms with van der Waals surface area (Å²) in [4.78, 5) is 13.0. The number of benzene rings is 2. The number of aldehydes is 1. The smallest absolute Gasteiger partial charge is 0.159 e. The van der Waals surface area contributed by atoms with Crippen molar-refractivity contribution in [3.8, 4) is 0 Å². The summed E-state index contributed by atoms with van der Waals surface area (Å²) < 4.78 is 26.2. The summed E-state index contributed by atoms with van der Waals surface area (Å²) in [5.74, 6) is -1.63. The van der Waals surface area contributed by atoms with Gasteiger partial charge in [-0.25, -0.2) is 8.78 Å². The molecular formula is C19H19F2NO. The molecule has 120 valence electrons. The van der Waals surface area contributed by atoms with Crippen LogP contribution in [-0.2, 0) is 11.2 Å². The molecule has 23 heavy (non-hydrogen) atoms. The molecule has 1 aliphatic rings. The zero-order valence-corrected chi connectivity index (χ0v) is 12.8. The number of halogens is 2. The molecule has 0 N–H and O–H groups in total. The van der Waals surface area contributed by atoms with Gasteiger partial charge in [0.05, 0.1) is 0 Å². The fourth-order valence-electron chi connectivity index (χ4n) is 3.22. The standard InChI is InChI=1S/C19H19F2NO/c20-18-8-5-15(13-19(18)21)12-14-3-6-17(7-4-14)22-10-1-2-16(22)9-11-23/h3-8,11,13,16H,1-2,9-10,12H2. The maximum absolute atomic E-state index is 13.3. The molecule has 2 aromatic rings. The molecule has 2 nitrogen and oxygen atoms in total. The van der Waals surface area contributed by atoms with Crippen LogP contribution in [0.25, 0.3) is 0 Å². The van der Waals surface area contributed by atoms with E-state index in [-0.39, 0.29) is 0 Å². The predicted molar refractivity (Wildman–Crippen MR) is 86.7 cm³/mol. The highest BCUT2D eigenvalue weighted by molar-refractivity contribution is 5.56. The maximum Gasteiger partial charge on any atom is 0.159 e. The van der Waals surface area contributed by atoms with E-state index in [1.54, 1.807) is 6.07 Å². The summed E-state index contributed by atoms with van der Waals surface area (Å²) in [5, 5.41) is 0. The molecule has 3 rings (SSSR count). The molecule has 1 fully saturated rings. The first-order valence-corrected chi connectivity index (χ1v) is 7.90. The van der Waals surface area contributed by atoms with E-state index in [1.807, 2.05) is 24.3 Å². The molecule has 0 aromatic heterocycles. The number of hydrogen-bond acceptors (Lipinski definition) is 2. The lowest BCUT2D eigenvalue weighted by molar-refractivity contribution is -0.108. The quantitative estimate of drug-likeness (QED) is 0.774. The SMILES string of the molecule is O=CCC1CCCN1c1ccc(Cc2ccc(F)c(F)c2)cc1. The minimum absolute atomic E-state index is 0.296. The van der Waals surface area contributed by atoms with Gasteiger partial charge in [0.15, 0.2) is 11.6 Å². The third kappa shape index (κ3) is 3.58. The lowest BCUT2D eigenvalue weighted by atomic mass is 10.0. The first kappa shape index (κ1) is 15.7. The second kappa shape index (κ2) is 6.90. The van der Waals surface area contributed by atoms with Crippen LogP contribution in [0.4, 0.5) is 14.5 Å². The third-order valence-corrected chi connectivity index (χ3v) is 4.41. The Morgan fingerprint density at radius 3 is 2.48 bits per heavy atom. The van der Waals surface area contributed by atoms with Crippen LogP contribution in [0.5, 0.6) is 0 Å². The van der Waals surface area contributed by atoms with Crippen molar-refractivity contribution in [3.05, 3.63) is 65.2 Å². The predicted octanol–water partition coefficient (Wildman–Crippen LogP) is 4.11. The Labute approximate surface area is 134 Å². The lowest BCUT2D eigenvalue weighted by Gasteiger charge is -2.25. The van der Waals surface area contributed by atoms with Gasteiger partial charge < -0.3 is 9.69 Å². The van der Waals surface area contributed by atoms with Crippen LogP contribution in [-0.4, -0.2) is 18.9 Å². The number of rotatable bonds is 5. The summed E-state index contributed by atoms with van der Waals surface area (Å²) in [6, 6.07) is 12.4. The fraction of sp³-hybridized carbons (Fsp3) is 0.316. The van der Waals surface area contributed by atoms with E-state index >= 15 is 0 Å². The van der Waals surface area contributed by atoms with Gasteiger partial charge in [0.25, 0.3) is 0 Å². The summed E-state index contributed by atoms with van der Waals surface area (Å²) >= 11 is 0. The summed E-state index contributed by atoms with van der Waals surface area (Å²) in [7, 11) is 0. The zero-order valence-electron chi connectivity index (χ0n) is 12.8. The van der Waals surface area contributed by atoms with Crippen molar-refractivity contribution in [1.29, 1.82) is 0 Å². The monoisotopic (exact) mass is 315 g/mol. The fourth-order valence-corrected chi connectivity index (χ4v) is 3.22. The van der Waals surface area contributed by atoms with Gasteiger partial charge in [-0.3, -0.25) is 0 Å². The average molecular weight is 315 g/mol.